The molecule has 6 nitrogen and oxygen atoms in total. The Morgan fingerprint density at radius 1 is 1.39 bits per heavy atom. The smallest absolute Gasteiger partial charge is 0.198 e. The summed E-state index contributed by atoms with van der Waals surface area (Å²) in [5.74, 6) is 0. The Labute approximate surface area is 110 Å². The molecular formula is C11H16N6S. The standard InChI is InChI=1S/C11H16N6S/c1-3-9(12)4-8-5-13-10(14-6-8)18-11-16-15-7-17(11)2/h5-7,9H,3-4,12H2,1-2H3. The van der Waals surface area contributed by atoms with Crippen molar-refractivity contribution in [2.45, 2.75) is 36.1 Å². The van der Waals surface area contributed by atoms with Gasteiger partial charge >= 0.3 is 0 Å². The van der Waals surface area contributed by atoms with Gasteiger partial charge in [0.1, 0.15) is 6.33 Å². The summed E-state index contributed by atoms with van der Waals surface area (Å²) < 4.78 is 1.83. The van der Waals surface area contributed by atoms with Gasteiger partial charge in [-0.3, -0.25) is 0 Å². The van der Waals surface area contributed by atoms with Crippen LogP contribution in [-0.2, 0) is 13.5 Å². The molecule has 0 bridgehead atoms. The first-order chi connectivity index (χ1) is 8.69. The van der Waals surface area contributed by atoms with Crippen LogP contribution in [0.25, 0.3) is 0 Å². The molecule has 18 heavy (non-hydrogen) atoms. The number of aryl methyl sites for hydroxylation is 1. The topological polar surface area (TPSA) is 82.5 Å². The fourth-order valence-corrected chi connectivity index (χ4v) is 2.05. The minimum atomic E-state index is 0.172. The third kappa shape index (κ3) is 3.27. The summed E-state index contributed by atoms with van der Waals surface area (Å²) >= 11 is 1.39. The van der Waals surface area contributed by atoms with Crippen LogP contribution in [0.3, 0.4) is 0 Å². The Bertz CT molecular complexity index is 494. The molecule has 0 aliphatic rings. The normalized spacial score (nSPS) is 12.6. The van der Waals surface area contributed by atoms with Crippen LogP contribution in [0.4, 0.5) is 0 Å². The van der Waals surface area contributed by atoms with Crippen molar-refractivity contribution in [1.29, 1.82) is 0 Å². The fraction of sp³-hybridized carbons (Fsp3) is 0.455. The van der Waals surface area contributed by atoms with Gasteiger partial charge < -0.3 is 10.3 Å². The lowest BCUT2D eigenvalue weighted by Crippen LogP contribution is -2.21. The molecule has 0 saturated heterocycles. The van der Waals surface area contributed by atoms with E-state index in [4.69, 9.17) is 5.73 Å². The molecule has 0 amide bonds. The summed E-state index contributed by atoms with van der Waals surface area (Å²) in [6.45, 7) is 2.07. The van der Waals surface area contributed by atoms with Crippen LogP contribution in [0.15, 0.2) is 29.0 Å². The zero-order chi connectivity index (χ0) is 13.0. The van der Waals surface area contributed by atoms with Gasteiger partial charge in [0.05, 0.1) is 0 Å². The molecule has 96 valence electrons. The van der Waals surface area contributed by atoms with Crippen LogP contribution in [0, 0.1) is 0 Å². The quantitative estimate of drug-likeness (QED) is 0.812. The molecule has 2 N–H and O–H groups in total. The number of nitrogens with zero attached hydrogens (tertiary/aromatic N) is 5. The Morgan fingerprint density at radius 2 is 2.11 bits per heavy atom. The second-order valence-corrected chi connectivity index (χ2v) is 5.01. The highest BCUT2D eigenvalue weighted by atomic mass is 32.2. The largest absolute Gasteiger partial charge is 0.327 e. The summed E-state index contributed by atoms with van der Waals surface area (Å²) in [5.41, 5.74) is 6.95. The van der Waals surface area contributed by atoms with Gasteiger partial charge in [0, 0.05) is 25.5 Å². The van der Waals surface area contributed by atoms with Crippen LogP contribution in [-0.4, -0.2) is 30.8 Å². The highest BCUT2D eigenvalue weighted by Gasteiger charge is 2.07. The van der Waals surface area contributed by atoms with Crippen molar-refractivity contribution in [2.24, 2.45) is 12.8 Å². The average Bonchev–Trinajstić information content (AvgIpc) is 2.77. The molecule has 1 unspecified atom stereocenters. The van der Waals surface area contributed by atoms with Crippen molar-refractivity contribution in [3.63, 3.8) is 0 Å². The zero-order valence-corrected chi connectivity index (χ0v) is 11.3. The van der Waals surface area contributed by atoms with Gasteiger partial charge in [-0.15, -0.1) is 10.2 Å². The summed E-state index contributed by atoms with van der Waals surface area (Å²) in [7, 11) is 1.89. The molecule has 0 aliphatic heterocycles. The van der Waals surface area contributed by atoms with Gasteiger partial charge in [-0.1, -0.05) is 6.92 Å². The molecule has 1 atom stereocenters. The molecule has 2 rings (SSSR count). The van der Waals surface area contributed by atoms with E-state index in [2.05, 4.69) is 27.1 Å². The van der Waals surface area contributed by atoms with Gasteiger partial charge in [-0.25, -0.2) is 9.97 Å². The molecule has 0 fully saturated rings. The second kappa shape index (κ2) is 5.92. The average molecular weight is 264 g/mol. The van der Waals surface area contributed by atoms with E-state index in [0.717, 1.165) is 23.6 Å². The van der Waals surface area contributed by atoms with E-state index >= 15 is 0 Å². The van der Waals surface area contributed by atoms with Crippen LogP contribution >= 0.6 is 11.8 Å². The van der Waals surface area contributed by atoms with Crippen molar-refractivity contribution in [3.05, 3.63) is 24.3 Å². The minimum Gasteiger partial charge on any atom is -0.327 e. The predicted octanol–water partition coefficient (Wildman–Crippen LogP) is 1.04. The summed E-state index contributed by atoms with van der Waals surface area (Å²) in [6, 6.07) is 0.172. The van der Waals surface area contributed by atoms with E-state index in [1.165, 1.54) is 11.8 Å². The lowest BCUT2D eigenvalue weighted by molar-refractivity contribution is 0.641. The van der Waals surface area contributed by atoms with Crippen molar-refractivity contribution in [3.8, 4) is 0 Å². The van der Waals surface area contributed by atoms with E-state index in [0.29, 0.717) is 5.16 Å². The van der Waals surface area contributed by atoms with Crippen molar-refractivity contribution < 1.29 is 0 Å². The van der Waals surface area contributed by atoms with Gasteiger partial charge in [0.25, 0.3) is 0 Å². The molecule has 0 aromatic carbocycles. The zero-order valence-electron chi connectivity index (χ0n) is 10.4. The number of aromatic nitrogens is 5. The molecule has 2 heterocycles. The van der Waals surface area contributed by atoms with Crippen molar-refractivity contribution in [1.82, 2.24) is 24.7 Å². The Balaban J connectivity index is 2.02. The maximum absolute atomic E-state index is 5.89. The number of hydrogen-bond donors (Lipinski definition) is 1. The molecule has 0 saturated carbocycles. The van der Waals surface area contributed by atoms with Crippen molar-refractivity contribution >= 4 is 11.8 Å². The summed E-state index contributed by atoms with van der Waals surface area (Å²) in [5, 5.41) is 9.21. The number of rotatable bonds is 5. The first-order valence-electron chi connectivity index (χ1n) is 5.77. The van der Waals surface area contributed by atoms with E-state index in [1.54, 1.807) is 6.33 Å². The first kappa shape index (κ1) is 13.0. The van der Waals surface area contributed by atoms with E-state index < -0.39 is 0 Å². The predicted molar refractivity (Wildman–Crippen MR) is 69.1 cm³/mol. The molecule has 0 spiro atoms. The van der Waals surface area contributed by atoms with E-state index in [-0.39, 0.29) is 6.04 Å². The highest BCUT2D eigenvalue weighted by Crippen LogP contribution is 2.20. The van der Waals surface area contributed by atoms with Crippen LogP contribution < -0.4 is 5.73 Å². The molecule has 0 radical (unpaired) electrons. The fourth-order valence-electron chi connectivity index (χ4n) is 1.39. The maximum atomic E-state index is 5.89. The third-order valence-corrected chi connectivity index (χ3v) is 3.50. The Kier molecular flexibility index (Phi) is 4.27. The Morgan fingerprint density at radius 3 is 2.67 bits per heavy atom. The monoisotopic (exact) mass is 264 g/mol. The van der Waals surface area contributed by atoms with Crippen LogP contribution in [0.1, 0.15) is 18.9 Å². The Hall–Kier alpha value is -1.47. The van der Waals surface area contributed by atoms with Gasteiger partial charge in [0.15, 0.2) is 10.3 Å². The summed E-state index contributed by atoms with van der Waals surface area (Å²) in [6.07, 6.45) is 7.06. The molecule has 7 heteroatoms. The first-order valence-corrected chi connectivity index (χ1v) is 6.59. The van der Waals surface area contributed by atoms with E-state index in [9.17, 15) is 0 Å². The SMILES string of the molecule is CCC(N)Cc1cnc(Sc2nncn2C)nc1. The lowest BCUT2D eigenvalue weighted by atomic mass is 10.1. The van der Waals surface area contributed by atoms with Gasteiger partial charge in [-0.2, -0.15) is 0 Å². The second-order valence-electron chi connectivity index (χ2n) is 4.07. The van der Waals surface area contributed by atoms with Crippen LogP contribution in [0.2, 0.25) is 0 Å². The molecular weight excluding hydrogens is 248 g/mol. The number of nitrogens with two attached hydrogens (primary N) is 1. The van der Waals surface area contributed by atoms with Gasteiger partial charge in [0.2, 0.25) is 0 Å². The molecule has 2 aromatic heterocycles. The maximum Gasteiger partial charge on any atom is 0.198 e. The molecule has 0 aliphatic carbocycles. The van der Waals surface area contributed by atoms with Crippen LogP contribution in [0.5, 0.6) is 0 Å². The van der Waals surface area contributed by atoms with E-state index in [1.807, 2.05) is 24.0 Å². The van der Waals surface area contributed by atoms with Gasteiger partial charge in [-0.05, 0) is 30.2 Å². The summed E-state index contributed by atoms with van der Waals surface area (Å²) in [4.78, 5) is 8.59. The highest BCUT2D eigenvalue weighted by molar-refractivity contribution is 7.99. The number of hydrogen-bond acceptors (Lipinski definition) is 6. The lowest BCUT2D eigenvalue weighted by Gasteiger charge is -2.07. The third-order valence-electron chi connectivity index (χ3n) is 2.56. The minimum absolute atomic E-state index is 0.172. The van der Waals surface area contributed by atoms with Crippen molar-refractivity contribution in [2.75, 3.05) is 0 Å². The molecule has 2 aromatic rings.